The number of anilines is 1. The molecule has 1 spiro atoms. The van der Waals surface area contributed by atoms with Gasteiger partial charge in [0.1, 0.15) is 0 Å². The number of carbonyl (C=O) groups is 2. The molecule has 2 aromatic rings. The molecule has 0 radical (unpaired) electrons. The normalized spacial score (nSPS) is 18.1. The van der Waals surface area contributed by atoms with E-state index in [-0.39, 0.29) is 11.8 Å². The van der Waals surface area contributed by atoms with Crippen LogP contribution in [0.1, 0.15) is 44.7 Å². The van der Waals surface area contributed by atoms with E-state index < -0.39 is 5.79 Å². The van der Waals surface area contributed by atoms with E-state index >= 15 is 0 Å². The minimum atomic E-state index is -0.494. The molecular formula is C23H26N2O4. The number of benzene rings is 2. The van der Waals surface area contributed by atoms with Gasteiger partial charge in [-0.1, -0.05) is 18.2 Å². The maximum Gasteiger partial charge on any atom is 0.255 e. The van der Waals surface area contributed by atoms with Crippen LogP contribution in [-0.2, 0) is 9.47 Å². The smallest absolute Gasteiger partial charge is 0.255 e. The van der Waals surface area contributed by atoms with E-state index in [2.05, 4.69) is 5.32 Å². The number of ether oxygens (including phenoxy) is 2. The molecule has 0 atom stereocenters. The fourth-order valence-corrected chi connectivity index (χ4v) is 3.98. The number of amides is 2. The summed E-state index contributed by atoms with van der Waals surface area (Å²) >= 11 is 0. The average Bonchev–Trinajstić information content (AvgIpc) is 3.19. The molecule has 0 aromatic heterocycles. The SMILES string of the molecule is Cc1cccc(C)c1NC(=O)c1ccc(C(=O)N2CCC3(CC2)OCCO3)cc1. The van der Waals surface area contributed by atoms with Crippen molar-refractivity contribution in [2.24, 2.45) is 0 Å². The molecule has 6 nitrogen and oxygen atoms in total. The number of para-hydroxylation sites is 1. The molecule has 0 unspecified atom stereocenters. The molecule has 2 fully saturated rings. The molecule has 6 heteroatoms. The summed E-state index contributed by atoms with van der Waals surface area (Å²) in [5.74, 6) is -0.705. The van der Waals surface area contributed by atoms with Crippen LogP contribution in [0.3, 0.4) is 0 Å². The standard InChI is InChI=1S/C23H26N2O4/c1-16-4-3-5-17(2)20(16)24-21(26)18-6-8-19(9-7-18)22(27)25-12-10-23(11-13-25)28-14-15-29-23/h3-9H,10-15H2,1-2H3,(H,24,26). The lowest BCUT2D eigenvalue weighted by molar-refractivity contribution is -0.181. The van der Waals surface area contributed by atoms with Gasteiger partial charge in [-0.05, 0) is 49.2 Å². The van der Waals surface area contributed by atoms with Gasteiger partial charge in [0.25, 0.3) is 11.8 Å². The third-order valence-electron chi connectivity index (χ3n) is 5.74. The lowest BCUT2D eigenvalue weighted by Crippen LogP contribution is -2.47. The van der Waals surface area contributed by atoms with Gasteiger partial charge >= 0.3 is 0 Å². The van der Waals surface area contributed by atoms with Gasteiger partial charge in [-0.3, -0.25) is 9.59 Å². The van der Waals surface area contributed by atoms with E-state index in [0.717, 1.165) is 16.8 Å². The molecule has 1 N–H and O–H groups in total. The minimum Gasteiger partial charge on any atom is -0.347 e. The van der Waals surface area contributed by atoms with Crippen LogP contribution in [0.2, 0.25) is 0 Å². The first kappa shape index (κ1) is 19.6. The third-order valence-corrected chi connectivity index (χ3v) is 5.74. The molecule has 2 heterocycles. The van der Waals surface area contributed by atoms with Crippen molar-refractivity contribution >= 4 is 17.5 Å². The van der Waals surface area contributed by atoms with Gasteiger partial charge in [0, 0.05) is 42.7 Å². The number of nitrogens with zero attached hydrogens (tertiary/aromatic N) is 1. The third kappa shape index (κ3) is 4.04. The van der Waals surface area contributed by atoms with Gasteiger partial charge in [0.05, 0.1) is 13.2 Å². The Morgan fingerprint density at radius 2 is 1.45 bits per heavy atom. The summed E-state index contributed by atoms with van der Waals surface area (Å²) in [6, 6.07) is 12.7. The number of hydrogen-bond acceptors (Lipinski definition) is 4. The Kier molecular flexibility index (Phi) is 5.39. The second kappa shape index (κ2) is 7.97. The molecule has 29 heavy (non-hydrogen) atoms. The predicted molar refractivity (Wildman–Crippen MR) is 110 cm³/mol. The Hall–Kier alpha value is -2.70. The molecule has 2 saturated heterocycles. The number of nitrogens with one attached hydrogen (secondary N) is 1. The fraction of sp³-hybridized carbons (Fsp3) is 0.391. The van der Waals surface area contributed by atoms with Gasteiger partial charge in [-0.15, -0.1) is 0 Å². The number of carbonyl (C=O) groups excluding carboxylic acids is 2. The first-order chi connectivity index (χ1) is 14.0. The Balaban J connectivity index is 1.40. The molecule has 2 aliphatic heterocycles. The number of aryl methyl sites for hydroxylation is 2. The Morgan fingerprint density at radius 1 is 0.897 bits per heavy atom. The average molecular weight is 394 g/mol. The maximum atomic E-state index is 12.8. The van der Waals surface area contributed by atoms with Crippen molar-refractivity contribution in [1.29, 1.82) is 0 Å². The van der Waals surface area contributed by atoms with Gasteiger partial charge in [-0.25, -0.2) is 0 Å². The molecule has 0 saturated carbocycles. The Labute approximate surface area is 170 Å². The topological polar surface area (TPSA) is 67.9 Å². The van der Waals surface area contributed by atoms with E-state index in [1.807, 2.05) is 36.9 Å². The molecule has 2 aliphatic rings. The van der Waals surface area contributed by atoms with Crippen molar-refractivity contribution in [1.82, 2.24) is 4.90 Å². The summed E-state index contributed by atoms with van der Waals surface area (Å²) in [5, 5.41) is 2.97. The van der Waals surface area contributed by atoms with Crippen LogP contribution in [-0.4, -0.2) is 48.8 Å². The largest absolute Gasteiger partial charge is 0.347 e. The highest BCUT2D eigenvalue weighted by Crippen LogP contribution is 2.31. The van der Waals surface area contributed by atoms with E-state index in [0.29, 0.717) is 50.3 Å². The first-order valence-electron chi connectivity index (χ1n) is 10.0. The first-order valence-corrected chi connectivity index (χ1v) is 10.0. The second-order valence-electron chi connectivity index (χ2n) is 7.70. The van der Waals surface area contributed by atoms with E-state index in [1.54, 1.807) is 24.3 Å². The Morgan fingerprint density at radius 3 is 2.03 bits per heavy atom. The van der Waals surface area contributed by atoms with Crippen molar-refractivity contribution < 1.29 is 19.1 Å². The highest BCUT2D eigenvalue weighted by Gasteiger charge is 2.40. The lowest BCUT2D eigenvalue weighted by atomic mass is 10.0. The number of piperidine rings is 1. The van der Waals surface area contributed by atoms with Gasteiger partial charge in [0.15, 0.2) is 5.79 Å². The number of likely N-dealkylation sites (tertiary alicyclic amines) is 1. The van der Waals surface area contributed by atoms with E-state index in [4.69, 9.17) is 9.47 Å². The Bertz CT molecular complexity index is 887. The summed E-state index contributed by atoms with van der Waals surface area (Å²) in [5.41, 5.74) is 3.97. The van der Waals surface area contributed by atoms with E-state index in [1.165, 1.54) is 0 Å². The zero-order valence-corrected chi connectivity index (χ0v) is 16.9. The summed E-state index contributed by atoms with van der Waals surface area (Å²) in [6.07, 6.45) is 1.38. The van der Waals surface area contributed by atoms with Gasteiger partial charge < -0.3 is 19.7 Å². The molecule has 4 rings (SSSR count). The van der Waals surface area contributed by atoms with Crippen molar-refractivity contribution in [2.45, 2.75) is 32.5 Å². The van der Waals surface area contributed by atoms with Gasteiger partial charge in [0.2, 0.25) is 0 Å². The quantitative estimate of drug-likeness (QED) is 0.865. The zero-order chi connectivity index (χ0) is 20.4. The summed E-state index contributed by atoms with van der Waals surface area (Å²) in [4.78, 5) is 27.2. The summed E-state index contributed by atoms with van der Waals surface area (Å²) in [7, 11) is 0. The van der Waals surface area contributed by atoms with Crippen LogP contribution in [0.4, 0.5) is 5.69 Å². The fourth-order valence-electron chi connectivity index (χ4n) is 3.98. The molecule has 2 aromatic carbocycles. The summed E-state index contributed by atoms with van der Waals surface area (Å²) in [6.45, 7) is 6.39. The van der Waals surface area contributed by atoms with Crippen LogP contribution in [0.15, 0.2) is 42.5 Å². The van der Waals surface area contributed by atoms with Crippen molar-refractivity contribution in [3.05, 3.63) is 64.7 Å². The molecular weight excluding hydrogens is 368 g/mol. The van der Waals surface area contributed by atoms with Crippen molar-refractivity contribution in [2.75, 3.05) is 31.6 Å². The maximum absolute atomic E-state index is 12.8. The molecule has 2 amide bonds. The van der Waals surface area contributed by atoms with Crippen molar-refractivity contribution in [3.8, 4) is 0 Å². The van der Waals surface area contributed by atoms with Gasteiger partial charge in [-0.2, -0.15) is 0 Å². The highest BCUT2D eigenvalue weighted by atomic mass is 16.7. The van der Waals surface area contributed by atoms with Crippen LogP contribution in [0.25, 0.3) is 0 Å². The summed E-state index contributed by atoms with van der Waals surface area (Å²) < 4.78 is 11.4. The molecule has 152 valence electrons. The highest BCUT2D eigenvalue weighted by molar-refractivity contribution is 6.05. The van der Waals surface area contributed by atoms with E-state index in [9.17, 15) is 9.59 Å². The second-order valence-corrected chi connectivity index (χ2v) is 7.70. The zero-order valence-electron chi connectivity index (χ0n) is 16.9. The van der Waals surface area contributed by atoms with Crippen LogP contribution < -0.4 is 5.32 Å². The molecule has 0 aliphatic carbocycles. The minimum absolute atomic E-state index is 0.0282. The number of hydrogen-bond donors (Lipinski definition) is 1. The lowest BCUT2D eigenvalue weighted by Gasteiger charge is -2.37. The predicted octanol–water partition coefficient (Wildman–Crippen LogP) is 3.53. The monoisotopic (exact) mass is 394 g/mol. The van der Waals surface area contributed by atoms with Crippen LogP contribution >= 0.6 is 0 Å². The van der Waals surface area contributed by atoms with Crippen LogP contribution in [0.5, 0.6) is 0 Å². The molecule has 0 bridgehead atoms. The van der Waals surface area contributed by atoms with Crippen LogP contribution in [0, 0.1) is 13.8 Å². The van der Waals surface area contributed by atoms with Crippen molar-refractivity contribution in [3.63, 3.8) is 0 Å². The number of rotatable bonds is 3.